The van der Waals surface area contributed by atoms with Gasteiger partial charge in [0.1, 0.15) is 0 Å². The van der Waals surface area contributed by atoms with E-state index in [1.807, 2.05) is 33.0 Å². The molecule has 0 radical (unpaired) electrons. The van der Waals surface area contributed by atoms with Crippen LogP contribution >= 0.6 is 0 Å². The highest BCUT2D eigenvalue weighted by Gasteiger charge is 1.82. The maximum Gasteiger partial charge on any atom is 0.163 e. The van der Waals surface area contributed by atoms with E-state index in [0.717, 1.165) is 11.3 Å². The van der Waals surface area contributed by atoms with E-state index in [1.165, 1.54) is 0 Å². The summed E-state index contributed by atoms with van der Waals surface area (Å²) in [6, 6.07) is 6.00. The third-order valence-electron chi connectivity index (χ3n) is 1.03. The Balaban J connectivity index is 3.08. The number of aromatic nitrogens is 1. The molecular weight excluding hydrogens is 96.9 g/mol. The van der Waals surface area contributed by atoms with Gasteiger partial charge in [-0.25, -0.2) is 0 Å². The summed E-state index contributed by atoms with van der Waals surface area (Å²) in [5.74, 6) is 0. The molecule has 0 bridgehead atoms. The molecule has 8 heavy (non-hydrogen) atoms. The molecule has 1 aromatic rings. The summed E-state index contributed by atoms with van der Waals surface area (Å²) in [5, 5.41) is 0. The lowest BCUT2D eigenvalue weighted by Gasteiger charge is -1.90. The minimum atomic E-state index is 1.09. The van der Waals surface area contributed by atoms with Gasteiger partial charge in [-0.05, 0) is 18.6 Å². The van der Waals surface area contributed by atoms with Gasteiger partial charge in [-0.3, -0.25) is 4.98 Å². The Hall–Kier alpha value is -0.785. The van der Waals surface area contributed by atoms with Crippen molar-refractivity contribution >= 4 is 13.4 Å². The third-order valence-corrected chi connectivity index (χ3v) is 1.03. The molecule has 0 aliphatic rings. The molecule has 0 aromatic carbocycles. The van der Waals surface area contributed by atoms with Crippen LogP contribution in [0.15, 0.2) is 18.2 Å². The van der Waals surface area contributed by atoms with Gasteiger partial charge in [0.2, 0.25) is 0 Å². The molecule has 0 saturated heterocycles. The highest BCUT2D eigenvalue weighted by molar-refractivity contribution is 6.30. The van der Waals surface area contributed by atoms with Gasteiger partial charge >= 0.3 is 0 Å². The Bertz CT molecular complexity index is 168. The van der Waals surface area contributed by atoms with Crippen LogP contribution in [0.25, 0.3) is 0 Å². The van der Waals surface area contributed by atoms with Crippen LogP contribution in [-0.4, -0.2) is 12.8 Å². The quantitative estimate of drug-likeness (QED) is 0.411. The number of hydrogen-bond donors (Lipinski definition) is 0. The topological polar surface area (TPSA) is 12.9 Å². The second-order valence-electron chi connectivity index (χ2n) is 1.92. The molecule has 2 heteroatoms. The zero-order valence-corrected chi connectivity index (χ0v) is 5.18. The van der Waals surface area contributed by atoms with Gasteiger partial charge in [-0.15, -0.1) is 0 Å². The summed E-state index contributed by atoms with van der Waals surface area (Å²) < 4.78 is 0. The van der Waals surface area contributed by atoms with E-state index in [0.29, 0.717) is 0 Å². The summed E-state index contributed by atoms with van der Waals surface area (Å²) in [7, 11) is 1.99. The Kier molecular flexibility index (Phi) is 1.33. The summed E-state index contributed by atoms with van der Waals surface area (Å²) in [5.41, 5.74) is 2.18. The maximum absolute atomic E-state index is 4.17. The highest BCUT2D eigenvalue weighted by atomic mass is 14.7. The van der Waals surface area contributed by atoms with Crippen LogP contribution < -0.4 is 5.59 Å². The van der Waals surface area contributed by atoms with Crippen LogP contribution in [0.3, 0.4) is 0 Å². The number of nitrogens with zero attached hydrogens (tertiary/aromatic N) is 1. The monoisotopic (exact) mass is 105 g/mol. The van der Waals surface area contributed by atoms with Gasteiger partial charge in [0.05, 0.1) is 0 Å². The van der Waals surface area contributed by atoms with Crippen molar-refractivity contribution in [3.63, 3.8) is 0 Å². The van der Waals surface area contributed by atoms with Crippen molar-refractivity contribution in [1.29, 1.82) is 0 Å². The molecule has 0 amide bonds. The molecule has 1 heterocycles. The first kappa shape index (κ1) is 5.35. The predicted octanol–water partition coefficient (Wildman–Crippen LogP) is -0.352. The predicted molar refractivity (Wildman–Crippen MR) is 37.2 cm³/mol. The lowest BCUT2D eigenvalue weighted by atomic mass is 10.0. The van der Waals surface area contributed by atoms with Gasteiger partial charge in [-0.2, -0.15) is 0 Å². The second-order valence-corrected chi connectivity index (χ2v) is 1.92. The van der Waals surface area contributed by atoms with Gasteiger partial charge < -0.3 is 0 Å². The average molecular weight is 105 g/mol. The summed E-state index contributed by atoms with van der Waals surface area (Å²) >= 11 is 0. The van der Waals surface area contributed by atoms with E-state index in [2.05, 4.69) is 4.98 Å². The minimum absolute atomic E-state index is 1.09. The first-order valence-corrected chi connectivity index (χ1v) is 2.69. The lowest BCUT2D eigenvalue weighted by molar-refractivity contribution is 1.24. The van der Waals surface area contributed by atoms with Crippen LogP contribution in [-0.2, 0) is 0 Å². The van der Waals surface area contributed by atoms with Crippen molar-refractivity contribution in [1.82, 2.24) is 4.98 Å². The van der Waals surface area contributed by atoms with Crippen molar-refractivity contribution in [3.05, 3.63) is 23.9 Å². The molecule has 1 rings (SSSR count). The molecule has 0 unspecified atom stereocenters. The van der Waals surface area contributed by atoms with Gasteiger partial charge in [0.15, 0.2) is 7.85 Å². The van der Waals surface area contributed by atoms with Crippen LogP contribution in [0.2, 0.25) is 0 Å². The largest absolute Gasteiger partial charge is 0.269 e. The molecule has 0 N–H and O–H groups in total. The maximum atomic E-state index is 4.17. The zero-order valence-electron chi connectivity index (χ0n) is 5.18. The third kappa shape index (κ3) is 1.09. The molecule has 0 saturated carbocycles. The standard InChI is InChI=1S/C6H8BN/c1-5-3-2-4-6(7)8-5/h2-4H,7H2,1H3. The first-order chi connectivity index (χ1) is 3.79. The average Bonchev–Trinajstić information content (AvgIpc) is 1.64. The van der Waals surface area contributed by atoms with Crippen LogP contribution in [0.4, 0.5) is 0 Å². The van der Waals surface area contributed by atoms with E-state index < -0.39 is 0 Å². The Morgan fingerprint density at radius 2 is 2.25 bits per heavy atom. The minimum Gasteiger partial charge on any atom is -0.269 e. The SMILES string of the molecule is Bc1cccc(C)n1. The molecule has 0 aliphatic carbocycles. The van der Waals surface area contributed by atoms with Crippen molar-refractivity contribution in [2.24, 2.45) is 0 Å². The smallest absolute Gasteiger partial charge is 0.163 e. The van der Waals surface area contributed by atoms with E-state index >= 15 is 0 Å². The Labute approximate surface area is 50.2 Å². The van der Waals surface area contributed by atoms with E-state index in [1.54, 1.807) is 0 Å². The van der Waals surface area contributed by atoms with Crippen LogP contribution in [0, 0.1) is 6.92 Å². The highest BCUT2D eigenvalue weighted by Crippen LogP contribution is 1.83. The number of aryl methyl sites for hydroxylation is 1. The first-order valence-electron chi connectivity index (χ1n) is 2.69. The van der Waals surface area contributed by atoms with Crippen molar-refractivity contribution < 1.29 is 0 Å². The summed E-state index contributed by atoms with van der Waals surface area (Å²) in [6.07, 6.45) is 0. The summed E-state index contributed by atoms with van der Waals surface area (Å²) in [4.78, 5) is 4.17. The van der Waals surface area contributed by atoms with E-state index in [4.69, 9.17) is 0 Å². The van der Waals surface area contributed by atoms with Crippen LogP contribution in [0.5, 0.6) is 0 Å². The van der Waals surface area contributed by atoms with Crippen molar-refractivity contribution in [3.8, 4) is 0 Å². The Morgan fingerprint density at radius 1 is 1.50 bits per heavy atom. The number of pyridine rings is 1. The number of hydrogen-bond acceptors (Lipinski definition) is 1. The molecule has 0 aliphatic heterocycles. The molecule has 1 nitrogen and oxygen atoms in total. The van der Waals surface area contributed by atoms with Gasteiger partial charge in [0, 0.05) is 5.69 Å². The molecule has 0 spiro atoms. The zero-order chi connectivity index (χ0) is 5.98. The normalized spacial score (nSPS) is 9.12. The van der Waals surface area contributed by atoms with Crippen molar-refractivity contribution in [2.45, 2.75) is 6.92 Å². The van der Waals surface area contributed by atoms with Gasteiger partial charge in [-0.1, -0.05) is 12.1 Å². The fourth-order valence-corrected chi connectivity index (χ4v) is 0.679. The van der Waals surface area contributed by atoms with Crippen LogP contribution in [0.1, 0.15) is 5.69 Å². The molecule has 40 valence electrons. The molecule has 0 fully saturated rings. The Morgan fingerprint density at radius 3 is 2.62 bits per heavy atom. The van der Waals surface area contributed by atoms with E-state index in [9.17, 15) is 0 Å². The van der Waals surface area contributed by atoms with Crippen molar-refractivity contribution in [2.75, 3.05) is 0 Å². The number of rotatable bonds is 0. The molecular formula is C6H8BN. The second kappa shape index (κ2) is 1.99. The van der Waals surface area contributed by atoms with E-state index in [-0.39, 0.29) is 0 Å². The molecule has 1 aromatic heterocycles. The summed E-state index contributed by atoms with van der Waals surface area (Å²) in [6.45, 7) is 1.99. The lowest BCUT2D eigenvalue weighted by Crippen LogP contribution is -2.07. The fourth-order valence-electron chi connectivity index (χ4n) is 0.679. The van der Waals surface area contributed by atoms with Gasteiger partial charge in [0.25, 0.3) is 0 Å². The molecule has 0 atom stereocenters. The fraction of sp³-hybridized carbons (Fsp3) is 0.167.